The zero-order valence-electron chi connectivity index (χ0n) is 18.5. The molecule has 0 spiro atoms. The van der Waals surface area contributed by atoms with Crippen molar-refractivity contribution >= 4 is 17.5 Å². The van der Waals surface area contributed by atoms with Gasteiger partial charge in [-0.3, -0.25) is 14.4 Å². The molecule has 2 unspecified atom stereocenters. The predicted molar refractivity (Wildman–Crippen MR) is 111 cm³/mol. The molecule has 2 atom stereocenters. The number of hydrogen-bond acceptors (Lipinski definition) is 5. The van der Waals surface area contributed by atoms with Crippen molar-refractivity contribution in [2.24, 2.45) is 11.8 Å². The van der Waals surface area contributed by atoms with E-state index in [1.54, 1.807) is 0 Å². The largest absolute Gasteiger partial charge is 0.356 e. The van der Waals surface area contributed by atoms with Crippen LogP contribution in [0.1, 0.15) is 74.7 Å². The third-order valence-corrected chi connectivity index (χ3v) is 4.28. The average Bonchev–Trinajstić information content (AvgIpc) is 2.54. The molecular formula is C21H41N3O3. The summed E-state index contributed by atoms with van der Waals surface area (Å²) in [6.07, 6.45) is 1.55. The Bertz CT molecular complexity index is 473. The molecule has 158 valence electrons. The molecule has 0 bridgehead atoms. The number of carbonyl (C=O) groups excluding carboxylic acids is 3. The molecular weight excluding hydrogens is 342 g/mol. The highest BCUT2D eigenvalue weighted by Gasteiger charge is 2.25. The van der Waals surface area contributed by atoms with Crippen molar-refractivity contribution in [2.75, 3.05) is 6.54 Å². The van der Waals surface area contributed by atoms with Crippen LogP contribution in [-0.2, 0) is 14.4 Å². The topological polar surface area (TPSA) is 87.3 Å². The minimum Gasteiger partial charge on any atom is -0.356 e. The van der Waals surface area contributed by atoms with Crippen molar-refractivity contribution in [2.45, 2.75) is 98.8 Å². The molecule has 0 rings (SSSR count). The Labute approximate surface area is 165 Å². The molecule has 0 saturated carbocycles. The molecule has 0 aliphatic rings. The number of carbonyl (C=O) groups is 3. The molecule has 0 radical (unpaired) electrons. The van der Waals surface area contributed by atoms with Gasteiger partial charge in [-0.2, -0.15) is 0 Å². The lowest BCUT2D eigenvalue weighted by atomic mass is 9.97. The first-order chi connectivity index (χ1) is 12.5. The van der Waals surface area contributed by atoms with E-state index >= 15 is 0 Å². The zero-order chi connectivity index (χ0) is 21.1. The predicted octanol–water partition coefficient (Wildman–Crippen LogP) is 2.46. The summed E-state index contributed by atoms with van der Waals surface area (Å²) in [7, 11) is 0. The smallest absolute Gasteiger partial charge is 0.222 e. The Kier molecular flexibility index (Phi) is 12.4. The van der Waals surface area contributed by atoms with E-state index in [0.29, 0.717) is 13.0 Å². The maximum absolute atomic E-state index is 12.3. The van der Waals surface area contributed by atoms with Crippen LogP contribution in [0.15, 0.2) is 0 Å². The van der Waals surface area contributed by atoms with Crippen LogP contribution >= 0.6 is 0 Å². The monoisotopic (exact) mass is 383 g/mol. The van der Waals surface area contributed by atoms with Gasteiger partial charge in [0.15, 0.2) is 11.6 Å². The van der Waals surface area contributed by atoms with Crippen LogP contribution in [0.4, 0.5) is 0 Å². The second kappa shape index (κ2) is 13.0. The summed E-state index contributed by atoms with van der Waals surface area (Å²) < 4.78 is 0. The van der Waals surface area contributed by atoms with Crippen LogP contribution < -0.4 is 16.0 Å². The molecule has 0 aliphatic carbocycles. The van der Waals surface area contributed by atoms with Crippen molar-refractivity contribution in [1.82, 2.24) is 16.0 Å². The van der Waals surface area contributed by atoms with Gasteiger partial charge < -0.3 is 16.0 Å². The van der Waals surface area contributed by atoms with Crippen LogP contribution in [0.2, 0.25) is 0 Å². The summed E-state index contributed by atoms with van der Waals surface area (Å²) in [5.41, 5.74) is 0. The van der Waals surface area contributed by atoms with E-state index in [0.717, 1.165) is 6.42 Å². The Morgan fingerprint density at radius 1 is 0.704 bits per heavy atom. The van der Waals surface area contributed by atoms with Gasteiger partial charge >= 0.3 is 0 Å². The number of Topliss-reactive ketones (excluding diaryl/α,β-unsaturated/α-hetero) is 2. The third kappa shape index (κ3) is 11.2. The summed E-state index contributed by atoms with van der Waals surface area (Å²) in [6.45, 7) is 16.0. The van der Waals surface area contributed by atoms with Crippen LogP contribution in [0.3, 0.4) is 0 Å². The van der Waals surface area contributed by atoms with Gasteiger partial charge in [-0.15, -0.1) is 0 Å². The van der Waals surface area contributed by atoms with E-state index in [4.69, 9.17) is 0 Å². The van der Waals surface area contributed by atoms with Gasteiger partial charge in [0.05, 0.1) is 12.1 Å². The summed E-state index contributed by atoms with van der Waals surface area (Å²) >= 11 is 0. The fourth-order valence-electron chi connectivity index (χ4n) is 2.95. The fourth-order valence-corrected chi connectivity index (χ4v) is 2.95. The number of ketones is 2. The van der Waals surface area contributed by atoms with Crippen molar-refractivity contribution in [3.8, 4) is 0 Å². The second-order valence-electron chi connectivity index (χ2n) is 8.56. The van der Waals surface area contributed by atoms with Gasteiger partial charge in [0.25, 0.3) is 0 Å². The van der Waals surface area contributed by atoms with Crippen molar-refractivity contribution in [3.05, 3.63) is 0 Å². The Morgan fingerprint density at radius 3 is 1.59 bits per heavy atom. The lowest BCUT2D eigenvalue weighted by Gasteiger charge is -2.23. The van der Waals surface area contributed by atoms with Crippen LogP contribution in [-0.4, -0.2) is 48.2 Å². The standard InChI is InChI=1S/C21H41N3O3/c1-13(2)20(26)17(23-15(5)6)10-9-11-22-19(25)12-18(24-16(7)8)21(27)14(3)4/h13-18,23-24H,9-12H2,1-8H3,(H,22,25). The highest BCUT2D eigenvalue weighted by atomic mass is 16.2. The van der Waals surface area contributed by atoms with E-state index in [1.807, 2.05) is 55.4 Å². The molecule has 0 aliphatic heterocycles. The molecule has 6 heteroatoms. The van der Waals surface area contributed by atoms with Gasteiger partial charge in [0.2, 0.25) is 5.91 Å². The quantitative estimate of drug-likeness (QED) is 0.401. The third-order valence-electron chi connectivity index (χ3n) is 4.28. The van der Waals surface area contributed by atoms with Gasteiger partial charge in [-0.1, -0.05) is 55.4 Å². The lowest BCUT2D eigenvalue weighted by molar-refractivity contribution is -0.129. The summed E-state index contributed by atoms with van der Waals surface area (Å²) in [6, 6.07) is -0.268. The SMILES string of the molecule is CC(C)NC(CCCNC(=O)CC(NC(C)C)C(=O)C(C)C)C(=O)C(C)C. The Balaban J connectivity index is 4.49. The molecule has 3 N–H and O–H groups in total. The molecule has 0 aromatic carbocycles. The zero-order valence-corrected chi connectivity index (χ0v) is 18.5. The number of amides is 1. The van der Waals surface area contributed by atoms with Gasteiger partial charge in [-0.25, -0.2) is 0 Å². The molecule has 6 nitrogen and oxygen atoms in total. The average molecular weight is 384 g/mol. The number of nitrogens with one attached hydrogen (secondary N) is 3. The normalized spacial score (nSPS) is 14.1. The molecule has 0 heterocycles. The first-order valence-corrected chi connectivity index (χ1v) is 10.3. The van der Waals surface area contributed by atoms with Crippen molar-refractivity contribution < 1.29 is 14.4 Å². The Morgan fingerprint density at radius 2 is 1.15 bits per heavy atom. The first-order valence-electron chi connectivity index (χ1n) is 10.3. The van der Waals surface area contributed by atoms with Crippen LogP contribution in [0.5, 0.6) is 0 Å². The molecule has 0 aromatic rings. The van der Waals surface area contributed by atoms with Gasteiger partial charge in [0, 0.05) is 36.9 Å². The van der Waals surface area contributed by atoms with Crippen molar-refractivity contribution in [1.29, 1.82) is 0 Å². The molecule has 0 fully saturated rings. The molecule has 0 saturated heterocycles. The van der Waals surface area contributed by atoms with Crippen LogP contribution in [0.25, 0.3) is 0 Å². The van der Waals surface area contributed by atoms with Crippen LogP contribution in [0, 0.1) is 11.8 Å². The van der Waals surface area contributed by atoms with E-state index in [2.05, 4.69) is 16.0 Å². The van der Waals surface area contributed by atoms with Gasteiger partial charge in [0.1, 0.15) is 0 Å². The summed E-state index contributed by atoms with van der Waals surface area (Å²) in [4.78, 5) is 36.8. The Hall–Kier alpha value is -1.27. The van der Waals surface area contributed by atoms with Gasteiger partial charge in [-0.05, 0) is 12.8 Å². The maximum atomic E-state index is 12.3. The minimum atomic E-state index is -0.456. The number of hydrogen-bond donors (Lipinski definition) is 3. The summed E-state index contributed by atoms with van der Waals surface area (Å²) in [5.74, 6) is 0.00625. The number of rotatable bonds is 14. The second-order valence-corrected chi connectivity index (χ2v) is 8.56. The van der Waals surface area contributed by atoms with E-state index in [9.17, 15) is 14.4 Å². The molecule has 0 aromatic heterocycles. The van der Waals surface area contributed by atoms with E-state index in [-0.39, 0.29) is 53.9 Å². The van der Waals surface area contributed by atoms with E-state index in [1.165, 1.54) is 0 Å². The maximum Gasteiger partial charge on any atom is 0.222 e. The van der Waals surface area contributed by atoms with Crippen molar-refractivity contribution in [3.63, 3.8) is 0 Å². The lowest BCUT2D eigenvalue weighted by Crippen LogP contribution is -2.46. The van der Waals surface area contributed by atoms with E-state index < -0.39 is 6.04 Å². The highest BCUT2D eigenvalue weighted by Crippen LogP contribution is 2.08. The molecule has 1 amide bonds. The summed E-state index contributed by atoms with van der Waals surface area (Å²) in [5, 5.41) is 9.38. The minimum absolute atomic E-state index is 0.0132. The fraction of sp³-hybridized carbons (Fsp3) is 0.857. The highest BCUT2D eigenvalue weighted by molar-refractivity contribution is 5.90. The molecule has 27 heavy (non-hydrogen) atoms. The first kappa shape index (κ1) is 25.7.